The van der Waals surface area contributed by atoms with E-state index in [1.165, 1.54) is 50.5 Å². The molecule has 132 valence electrons. The van der Waals surface area contributed by atoms with Crippen molar-refractivity contribution in [2.45, 2.75) is 55.0 Å². The lowest BCUT2D eigenvalue weighted by Gasteiger charge is -2.27. The fraction of sp³-hybridized carbons (Fsp3) is 0.391. The number of hydrogen-bond acceptors (Lipinski definition) is 2. The molecule has 1 heterocycles. The molecule has 0 N–H and O–H groups in total. The maximum absolute atomic E-state index is 2.51. The maximum atomic E-state index is 2.51. The Hall–Kier alpha value is -2.22. The van der Waals surface area contributed by atoms with Crippen molar-refractivity contribution in [1.29, 1.82) is 0 Å². The molecule has 0 aliphatic carbocycles. The summed E-state index contributed by atoms with van der Waals surface area (Å²) in [6.07, 6.45) is 0. The summed E-state index contributed by atoms with van der Waals surface area (Å²) in [5, 5.41) is 0. The summed E-state index contributed by atoms with van der Waals surface area (Å²) in [5.74, 6) is 0. The summed E-state index contributed by atoms with van der Waals surface area (Å²) in [5.41, 5.74) is 12.4. The van der Waals surface area contributed by atoms with Crippen LogP contribution in [-0.2, 0) is 6.54 Å². The van der Waals surface area contributed by atoms with Crippen LogP contribution >= 0.6 is 0 Å². The zero-order chi connectivity index (χ0) is 18.3. The molecule has 3 rings (SSSR count). The van der Waals surface area contributed by atoms with Gasteiger partial charge in [0.05, 0.1) is 6.67 Å². The highest BCUT2D eigenvalue weighted by Gasteiger charge is 2.27. The van der Waals surface area contributed by atoms with Crippen molar-refractivity contribution in [3.8, 4) is 0 Å². The van der Waals surface area contributed by atoms with Crippen LogP contribution in [0.15, 0.2) is 41.7 Å². The predicted octanol–water partition coefficient (Wildman–Crippen LogP) is 5.76. The van der Waals surface area contributed by atoms with Crippen molar-refractivity contribution in [2.24, 2.45) is 0 Å². The molecule has 0 fully saturated rings. The molecule has 25 heavy (non-hydrogen) atoms. The first-order valence-corrected chi connectivity index (χ1v) is 9.12. The predicted molar refractivity (Wildman–Crippen MR) is 108 cm³/mol. The molecule has 0 amide bonds. The zero-order valence-corrected chi connectivity index (χ0v) is 16.7. The van der Waals surface area contributed by atoms with Gasteiger partial charge in [0.25, 0.3) is 0 Å². The van der Waals surface area contributed by atoms with E-state index in [1.54, 1.807) is 0 Å². The minimum Gasteiger partial charge on any atom is -0.351 e. The quantitative estimate of drug-likeness (QED) is 0.704. The highest BCUT2D eigenvalue weighted by Crippen LogP contribution is 2.35. The summed E-state index contributed by atoms with van der Waals surface area (Å²) >= 11 is 0. The summed E-state index contributed by atoms with van der Waals surface area (Å²) in [7, 11) is 0. The van der Waals surface area contributed by atoms with Gasteiger partial charge < -0.3 is 9.80 Å². The maximum Gasteiger partial charge on any atom is 0.0950 e. The zero-order valence-electron chi connectivity index (χ0n) is 16.7. The van der Waals surface area contributed by atoms with Crippen molar-refractivity contribution in [3.63, 3.8) is 0 Å². The Morgan fingerprint density at radius 2 is 1.32 bits per heavy atom. The van der Waals surface area contributed by atoms with Gasteiger partial charge in [-0.3, -0.25) is 0 Å². The number of aryl methyl sites for hydroxylation is 5. The van der Waals surface area contributed by atoms with Gasteiger partial charge in [-0.15, -0.1) is 0 Å². The SMILES string of the molecule is CC1=C(C)N(c2c(C)cccc2C)CN1Cc1c(C)cc(C)cc1C. The third-order valence-corrected chi connectivity index (χ3v) is 5.61. The van der Waals surface area contributed by atoms with Crippen molar-refractivity contribution in [3.05, 3.63) is 75.1 Å². The number of allylic oxidation sites excluding steroid dienone is 2. The van der Waals surface area contributed by atoms with E-state index >= 15 is 0 Å². The van der Waals surface area contributed by atoms with Gasteiger partial charge in [-0.05, 0) is 76.3 Å². The lowest BCUT2D eigenvalue weighted by Crippen LogP contribution is -2.28. The number of hydrogen-bond donors (Lipinski definition) is 0. The Morgan fingerprint density at radius 1 is 0.760 bits per heavy atom. The van der Waals surface area contributed by atoms with Gasteiger partial charge in [-0.1, -0.05) is 35.9 Å². The number of benzene rings is 2. The molecule has 0 radical (unpaired) electrons. The molecule has 2 aromatic carbocycles. The molecule has 0 aromatic heterocycles. The first-order valence-electron chi connectivity index (χ1n) is 9.12. The van der Waals surface area contributed by atoms with Gasteiger partial charge in [-0.25, -0.2) is 0 Å². The average molecular weight is 335 g/mol. The van der Waals surface area contributed by atoms with E-state index in [4.69, 9.17) is 0 Å². The van der Waals surface area contributed by atoms with Crippen LogP contribution in [0.3, 0.4) is 0 Å². The van der Waals surface area contributed by atoms with E-state index in [0.717, 1.165) is 13.2 Å². The second-order valence-electron chi connectivity index (χ2n) is 7.56. The summed E-state index contributed by atoms with van der Waals surface area (Å²) in [4.78, 5) is 4.98. The van der Waals surface area contributed by atoms with Crippen LogP contribution in [0.2, 0.25) is 0 Å². The van der Waals surface area contributed by atoms with Gasteiger partial charge in [0.15, 0.2) is 0 Å². The third-order valence-electron chi connectivity index (χ3n) is 5.61. The molecule has 0 saturated carbocycles. The monoisotopic (exact) mass is 334 g/mol. The fourth-order valence-electron chi connectivity index (χ4n) is 4.10. The Morgan fingerprint density at radius 3 is 1.88 bits per heavy atom. The minimum absolute atomic E-state index is 0.927. The Balaban J connectivity index is 1.92. The van der Waals surface area contributed by atoms with Crippen LogP contribution in [0.4, 0.5) is 5.69 Å². The molecule has 0 saturated heterocycles. The Kier molecular flexibility index (Phi) is 4.64. The standard InChI is InChI=1S/C23H30N2/c1-15-11-18(4)22(19(5)12-15)13-24-14-25(21(7)20(24)6)23-16(2)9-8-10-17(23)3/h8-12H,13-14H2,1-7H3. The topological polar surface area (TPSA) is 6.48 Å². The van der Waals surface area contributed by atoms with Crippen molar-refractivity contribution in [1.82, 2.24) is 4.90 Å². The van der Waals surface area contributed by atoms with Crippen LogP contribution < -0.4 is 4.90 Å². The number of rotatable bonds is 3. The molecule has 1 aliphatic heterocycles. The highest BCUT2D eigenvalue weighted by atomic mass is 15.4. The van der Waals surface area contributed by atoms with Gasteiger partial charge in [0, 0.05) is 23.6 Å². The Labute approximate surface area is 152 Å². The normalized spacial score (nSPS) is 14.7. The van der Waals surface area contributed by atoms with Crippen molar-refractivity contribution >= 4 is 5.69 Å². The largest absolute Gasteiger partial charge is 0.351 e. The lowest BCUT2D eigenvalue weighted by molar-refractivity contribution is 0.368. The summed E-state index contributed by atoms with van der Waals surface area (Å²) in [6.45, 7) is 17.5. The lowest BCUT2D eigenvalue weighted by atomic mass is 9.99. The number of anilines is 1. The van der Waals surface area contributed by atoms with Gasteiger partial charge >= 0.3 is 0 Å². The molecule has 0 bridgehead atoms. The molecule has 2 aromatic rings. The van der Waals surface area contributed by atoms with E-state index in [2.05, 4.69) is 88.6 Å². The molecule has 1 aliphatic rings. The van der Waals surface area contributed by atoms with Crippen LogP contribution in [0.1, 0.15) is 47.2 Å². The van der Waals surface area contributed by atoms with Crippen LogP contribution in [0.25, 0.3) is 0 Å². The molecule has 0 atom stereocenters. The van der Waals surface area contributed by atoms with E-state index < -0.39 is 0 Å². The van der Waals surface area contributed by atoms with Crippen LogP contribution in [0, 0.1) is 34.6 Å². The van der Waals surface area contributed by atoms with E-state index in [9.17, 15) is 0 Å². The number of para-hydroxylation sites is 1. The van der Waals surface area contributed by atoms with E-state index in [-0.39, 0.29) is 0 Å². The van der Waals surface area contributed by atoms with Crippen molar-refractivity contribution in [2.75, 3.05) is 11.6 Å². The van der Waals surface area contributed by atoms with E-state index in [0.29, 0.717) is 0 Å². The number of nitrogens with zero attached hydrogens (tertiary/aromatic N) is 2. The minimum atomic E-state index is 0.927. The first kappa shape index (κ1) is 17.6. The third kappa shape index (κ3) is 3.18. The van der Waals surface area contributed by atoms with Gasteiger partial charge in [0.1, 0.15) is 0 Å². The van der Waals surface area contributed by atoms with Crippen LogP contribution in [-0.4, -0.2) is 11.6 Å². The summed E-state index contributed by atoms with van der Waals surface area (Å²) < 4.78 is 0. The second kappa shape index (κ2) is 6.59. The highest BCUT2D eigenvalue weighted by molar-refractivity contribution is 5.63. The molecule has 0 unspecified atom stereocenters. The average Bonchev–Trinajstić information content (AvgIpc) is 2.79. The van der Waals surface area contributed by atoms with Crippen LogP contribution in [0.5, 0.6) is 0 Å². The molecular formula is C23H30N2. The Bertz CT molecular complexity index is 802. The van der Waals surface area contributed by atoms with E-state index in [1.807, 2.05) is 0 Å². The molecule has 2 nitrogen and oxygen atoms in total. The molecule has 0 spiro atoms. The smallest absolute Gasteiger partial charge is 0.0950 e. The summed E-state index contributed by atoms with van der Waals surface area (Å²) in [6, 6.07) is 11.2. The molecular weight excluding hydrogens is 304 g/mol. The van der Waals surface area contributed by atoms with Gasteiger partial charge in [0.2, 0.25) is 0 Å². The first-order chi connectivity index (χ1) is 11.8. The molecule has 2 heteroatoms. The van der Waals surface area contributed by atoms with Gasteiger partial charge in [-0.2, -0.15) is 0 Å². The second-order valence-corrected chi connectivity index (χ2v) is 7.56. The van der Waals surface area contributed by atoms with Crippen molar-refractivity contribution < 1.29 is 0 Å². The fourth-order valence-corrected chi connectivity index (χ4v) is 4.10.